The summed E-state index contributed by atoms with van der Waals surface area (Å²) in [6.07, 6.45) is 4.03. The molecule has 0 aromatic carbocycles. The third-order valence-electron chi connectivity index (χ3n) is 2.17. The maximum Gasteiger partial charge on any atom is 0.0581 e. The molecule has 0 spiro atoms. The number of alkyl halides is 1. The van der Waals surface area contributed by atoms with Crippen molar-refractivity contribution >= 4 is 11.6 Å². The van der Waals surface area contributed by atoms with E-state index in [0.29, 0.717) is 6.10 Å². The lowest BCUT2D eigenvalue weighted by Crippen LogP contribution is -2.21. The summed E-state index contributed by atoms with van der Waals surface area (Å²) in [7, 11) is 0. The fourth-order valence-corrected chi connectivity index (χ4v) is 1.59. The van der Waals surface area contributed by atoms with E-state index in [-0.39, 0.29) is 5.41 Å². The minimum Gasteiger partial charge on any atom is -0.378 e. The van der Waals surface area contributed by atoms with Crippen LogP contribution < -0.4 is 0 Å². The molecule has 1 fully saturated rings. The van der Waals surface area contributed by atoms with E-state index in [4.69, 9.17) is 16.3 Å². The molecule has 1 heterocycles. The van der Waals surface area contributed by atoms with E-state index < -0.39 is 0 Å². The van der Waals surface area contributed by atoms with E-state index >= 15 is 0 Å². The number of hydrogen-bond acceptors (Lipinski definition) is 1. The van der Waals surface area contributed by atoms with Gasteiger partial charge in [-0.15, -0.1) is 11.6 Å². The van der Waals surface area contributed by atoms with Crippen LogP contribution in [0.25, 0.3) is 0 Å². The van der Waals surface area contributed by atoms with E-state index in [9.17, 15) is 0 Å². The van der Waals surface area contributed by atoms with Crippen molar-refractivity contribution in [2.24, 2.45) is 5.41 Å². The molecule has 11 heavy (non-hydrogen) atoms. The third-order valence-corrected chi connectivity index (χ3v) is 2.89. The highest BCUT2D eigenvalue weighted by Gasteiger charge is 2.25. The van der Waals surface area contributed by atoms with Crippen molar-refractivity contribution < 1.29 is 4.74 Å². The van der Waals surface area contributed by atoms with E-state index in [2.05, 4.69) is 13.8 Å². The van der Waals surface area contributed by atoms with E-state index in [1.165, 1.54) is 12.8 Å². The molecule has 1 aliphatic rings. The van der Waals surface area contributed by atoms with Crippen LogP contribution in [0.3, 0.4) is 0 Å². The van der Waals surface area contributed by atoms with Crippen molar-refractivity contribution in [2.45, 2.75) is 39.2 Å². The predicted molar refractivity (Wildman–Crippen MR) is 48.1 cm³/mol. The van der Waals surface area contributed by atoms with Gasteiger partial charge in [-0.1, -0.05) is 13.8 Å². The molecule has 0 aromatic rings. The molecule has 0 aliphatic carbocycles. The van der Waals surface area contributed by atoms with Gasteiger partial charge in [0.15, 0.2) is 0 Å². The predicted octanol–water partition coefficient (Wildman–Crippen LogP) is 2.82. The molecule has 1 nitrogen and oxygen atoms in total. The van der Waals surface area contributed by atoms with Crippen molar-refractivity contribution in [3.8, 4) is 0 Å². The van der Waals surface area contributed by atoms with Crippen LogP contribution in [0, 0.1) is 5.41 Å². The van der Waals surface area contributed by atoms with Crippen LogP contribution in [0.4, 0.5) is 0 Å². The SMILES string of the molecule is CC(C)(CCl)C[C@@H]1CCCO1. The first kappa shape index (κ1) is 9.34. The van der Waals surface area contributed by atoms with Crippen LogP contribution in [0.1, 0.15) is 33.1 Å². The average molecular weight is 177 g/mol. The quantitative estimate of drug-likeness (QED) is 0.601. The smallest absolute Gasteiger partial charge is 0.0581 e. The highest BCUT2D eigenvalue weighted by Crippen LogP contribution is 2.29. The molecule has 0 radical (unpaired) electrons. The zero-order valence-electron chi connectivity index (χ0n) is 7.40. The van der Waals surface area contributed by atoms with Gasteiger partial charge >= 0.3 is 0 Å². The lowest BCUT2D eigenvalue weighted by atomic mass is 9.88. The number of rotatable bonds is 3. The number of hydrogen-bond donors (Lipinski definition) is 0. The molecule has 0 bridgehead atoms. The van der Waals surface area contributed by atoms with Crippen LogP contribution in [0.2, 0.25) is 0 Å². The van der Waals surface area contributed by atoms with Gasteiger partial charge in [-0.25, -0.2) is 0 Å². The maximum absolute atomic E-state index is 5.82. The van der Waals surface area contributed by atoms with E-state index in [1.54, 1.807) is 0 Å². The summed E-state index contributed by atoms with van der Waals surface area (Å²) in [5, 5.41) is 0. The third kappa shape index (κ3) is 3.00. The molecule has 1 atom stereocenters. The number of ether oxygens (including phenoxy) is 1. The summed E-state index contributed by atoms with van der Waals surface area (Å²) >= 11 is 5.82. The molecular formula is C9H17ClO. The van der Waals surface area contributed by atoms with Crippen molar-refractivity contribution in [3.63, 3.8) is 0 Å². The molecule has 2 heteroatoms. The summed E-state index contributed by atoms with van der Waals surface area (Å²) in [6.45, 7) is 5.34. The first-order chi connectivity index (χ1) is 5.14. The molecule has 0 aromatic heterocycles. The van der Waals surface area contributed by atoms with Crippen LogP contribution in [-0.4, -0.2) is 18.6 Å². The zero-order valence-corrected chi connectivity index (χ0v) is 8.16. The second kappa shape index (κ2) is 3.77. The fraction of sp³-hybridized carbons (Fsp3) is 1.00. The van der Waals surface area contributed by atoms with Gasteiger partial charge in [-0.3, -0.25) is 0 Å². The lowest BCUT2D eigenvalue weighted by molar-refractivity contribution is 0.0771. The van der Waals surface area contributed by atoms with Crippen LogP contribution in [-0.2, 0) is 4.74 Å². The fourth-order valence-electron chi connectivity index (χ4n) is 1.48. The standard InChI is InChI=1S/C9H17ClO/c1-9(2,7-10)6-8-4-3-5-11-8/h8H,3-7H2,1-2H3/t8-/m0/s1. The Balaban J connectivity index is 2.28. The number of halogens is 1. The summed E-state index contributed by atoms with van der Waals surface area (Å²) in [5.41, 5.74) is 0.247. The lowest BCUT2D eigenvalue weighted by Gasteiger charge is -2.24. The molecule has 0 unspecified atom stereocenters. The minimum absolute atomic E-state index is 0.247. The summed E-state index contributed by atoms with van der Waals surface area (Å²) in [5.74, 6) is 0.729. The Morgan fingerprint density at radius 1 is 1.55 bits per heavy atom. The monoisotopic (exact) mass is 176 g/mol. The Morgan fingerprint density at radius 2 is 2.27 bits per heavy atom. The molecule has 66 valence electrons. The van der Waals surface area contributed by atoms with Gasteiger partial charge < -0.3 is 4.74 Å². The topological polar surface area (TPSA) is 9.23 Å². The molecule has 1 saturated heterocycles. The van der Waals surface area contributed by atoms with Gasteiger partial charge in [0.25, 0.3) is 0 Å². The molecule has 0 N–H and O–H groups in total. The van der Waals surface area contributed by atoms with Gasteiger partial charge in [-0.2, -0.15) is 0 Å². The first-order valence-corrected chi connectivity index (χ1v) is 4.85. The van der Waals surface area contributed by atoms with Crippen LogP contribution in [0.15, 0.2) is 0 Å². The Labute approximate surface area is 74.1 Å². The van der Waals surface area contributed by atoms with E-state index in [0.717, 1.165) is 18.9 Å². The van der Waals surface area contributed by atoms with Crippen molar-refractivity contribution in [3.05, 3.63) is 0 Å². The molecular weight excluding hydrogens is 160 g/mol. The highest BCUT2D eigenvalue weighted by atomic mass is 35.5. The van der Waals surface area contributed by atoms with Crippen LogP contribution in [0.5, 0.6) is 0 Å². The summed E-state index contributed by atoms with van der Waals surface area (Å²) in [6, 6.07) is 0. The normalized spacial score (nSPS) is 25.9. The van der Waals surface area contributed by atoms with Crippen molar-refractivity contribution in [1.29, 1.82) is 0 Å². The Bertz CT molecular complexity index is 117. The minimum atomic E-state index is 0.247. The van der Waals surface area contributed by atoms with Crippen LogP contribution >= 0.6 is 11.6 Å². The largest absolute Gasteiger partial charge is 0.378 e. The Kier molecular flexibility index (Phi) is 3.20. The van der Waals surface area contributed by atoms with E-state index in [1.807, 2.05) is 0 Å². The van der Waals surface area contributed by atoms with Gasteiger partial charge in [0.2, 0.25) is 0 Å². The van der Waals surface area contributed by atoms with Gasteiger partial charge in [0.05, 0.1) is 6.10 Å². The molecule has 1 aliphatic heterocycles. The summed E-state index contributed by atoms with van der Waals surface area (Å²) in [4.78, 5) is 0. The summed E-state index contributed by atoms with van der Waals surface area (Å²) < 4.78 is 5.53. The van der Waals surface area contributed by atoms with Gasteiger partial charge in [-0.05, 0) is 24.7 Å². The zero-order chi connectivity index (χ0) is 8.32. The highest BCUT2D eigenvalue weighted by molar-refractivity contribution is 6.18. The van der Waals surface area contributed by atoms with Crippen molar-refractivity contribution in [1.82, 2.24) is 0 Å². The van der Waals surface area contributed by atoms with Crippen molar-refractivity contribution in [2.75, 3.05) is 12.5 Å². The Morgan fingerprint density at radius 3 is 2.73 bits per heavy atom. The second-order valence-electron chi connectivity index (χ2n) is 4.14. The molecule has 0 amide bonds. The maximum atomic E-state index is 5.82. The average Bonchev–Trinajstić information content (AvgIpc) is 2.39. The molecule has 0 saturated carbocycles. The second-order valence-corrected chi connectivity index (χ2v) is 4.40. The van der Waals surface area contributed by atoms with Gasteiger partial charge in [0.1, 0.15) is 0 Å². The Hall–Kier alpha value is 0.250. The first-order valence-electron chi connectivity index (χ1n) is 4.32. The van der Waals surface area contributed by atoms with Gasteiger partial charge in [0, 0.05) is 12.5 Å². The molecule has 1 rings (SSSR count).